The van der Waals surface area contributed by atoms with E-state index in [9.17, 15) is 14.0 Å². The van der Waals surface area contributed by atoms with Crippen LogP contribution in [-0.4, -0.2) is 27.4 Å². The largest absolute Gasteiger partial charge is 0.384 e. The minimum absolute atomic E-state index is 0.238. The number of aromatic amines is 1. The van der Waals surface area contributed by atoms with Crippen LogP contribution in [0.25, 0.3) is 0 Å². The molecule has 1 aliphatic heterocycles. The average molecular weight is 228 g/mol. The van der Waals surface area contributed by atoms with E-state index in [2.05, 4.69) is 0 Å². The molecule has 1 aromatic heterocycles. The number of nitrogens with zero attached hydrogens (tertiary/aromatic N) is 1. The lowest BCUT2D eigenvalue weighted by atomic mass is 10.2. The van der Waals surface area contributed by atoms with E-state index in [0.717, 1.165) is 16.7 Å². The highest BCUT2D eigenvalue weighted by Gasteiger charge is 2.23. The molecule has 2 rings (SSSR count). The van der Waals surface area contributed by atoms with Crippen LogP contribution in [0.1, 0.15) is 6.23 Å². The maximum Gasteiger partial charge on any atom is 0.330 e. The maximum absolute atomic E-state index is 13.1. The summed E-state index contributed by atoms with van der Waals surface area (Å²) in [5.41, 5.74) is -1.24. The minimum Gasteiger partial charge on any atom is -0.384 e. The molecule has 6 nitrogen and oxygen atoms in total. The van der Waals surface area contributed by atoms with Crippen molar-refractivity contribution >= 4 is 0 Å². The molecule has 2 heterocycles. The second-order valence-corrected chi connectivity index (χ2v) is 3.31. The summed E-state index contributed by atoms with van der Waals surface area (Å²) in [6.45, 7) is -0.238. The molecule has 0 saturated carbocycles. The number of aliphatic hydroxyl groups excluding tert-OH is 1. The van der Waals surface area contributed by atoms with Gasteiger partial charge in [-0.05, 0) is 6.08 Å². The summed E-state index contributed by atoms with van der Waals surface area (Å²) < 4.78 is 19.1. The molecule has 0 saturated heterocycles. The molecule has 0 aliphatic carbocycles. The third kappa shape index (κ3) is 1.95. The Kier molecular flexibility index (Phi) is 2.71. The molecule has 7 heteroatoms. The summed E-state index contributed by atoms with van der Waals surface area (Å²) in [5, 5.41) is 9.04. The van der Waals surface area contributed by atoms with Gasteiger partial charge in [0.05, 0.1) is 6.61 Å². The number of aromatic nitrogens is 2. The summed E-state index contributed by atoms with van der Waals surface area (Å²) in [6, 6.07) is 1.13. The fourth-order valence-corrected chi connectivity index (χ4v) is 1.35. The van der Waals surface area contributed by atoms with E-state index in [4.69, 9.17) is 9.84 Å². The van der Waals surface area contributed by atoms with Crippen molar-refractivity contribution in [3.05, 3.63) is 45.0 Å². The SMILES string of the molecule is O=c1ccn([C@@H]2C=C(F)[C@H](O)CO2)c(=O)[nH]1. The Labute approximate surface area is 88.6 Å². The Morgan fingerprint density at radius 2 is 2.31 bits per heavy atom. The number of hydrogen-bond acceptors (Lipinski definition) is 4. The monoisotopic (exact) mass is 228 g/mol. The third-order valence-electron chi connectivity index (χ3n) is 2.17. The van der Waals surface area contributed by atoms with Gasteiger partial charge in [0.15, 0.2) is 6.23 Å². The molecule has 0 radical (unpaired) electrons. The van der Waals surface area contributed by atoms with Gasteiger partial charge in [0.25, 0.3) is 5.56 Å². The zero-order chi connectivity index (χ0) is 11.7. The predicted octanol–water partition coefficient (Wildman–Crippen LogP) is -0.720. The molecular formula is C9H9FN2O4. The molecule has 1 aromatic rings. The Bertz CT molecular complexity index is 533. The molecule has 1 aliphatic rings. The van der Waals surface area contributed by atoms with Crippen molar-refractivity contribution in [2.24, 2.45) is 0 Å². The minimum atomic E-state index is -1.30. The number of hydrogen-bond donors (Lipinski definition) is 2. The van der Waals surface area contributed by atoms with Crippen LogP contribution in [0, 0.1) is 0 Å². The summed E-state index contributed by atoms with van der Waals surface area (Å²) in [4.78, 5) is 24.2. The fourth-order valence-electron chi connectivity index (χ4n) is 1.35. The van der Waals surface area contributed by atoms with Crippen LogP contribution in [0.3, 0.4) is 0 Å². The highest BCUT2D eigenvalue weighted by Crippen LogP contribution is 2.20. The Balaban J connectivity index is 2.39. The van der Waals surface area contributed by atoms with Gasteiger partial charge >= 0.3 is 5.69 Å². The summed E-state index contributed by atoms with van der Waals surface area (Å²) in [6.07, 6.45) is -0.0660. The van der Waals surface area contributed by atoms with Gasteiger partial charge in [-0.1, -0.05) is 0 Å². The first-order chi connectivity index (χ1) is 7.58. The van der Waals surface area contributed by atoms with E-state index < -0.39 is 29.4 Å². The molecular weight excluding hydrogens is 219 g/mol. The lowest BCUT2D eigenvalue weighted by Gasteiger charge is -2.23. The molecule has 0 amide bonds. The second-order valence-electron chi connectivity index (χ2n) is 3.31. The van der Waals surface area contributed by atoms with Crippen molar-refractivity contribution in [2.75, 3.05) is 6.61 Å². The molecule has 0 bridgehead atoms. The van der Waals surface area contributed by atoms with Gasteiger partial charge in [0.1, 0.15) is 11.9 Å². The van der Waals surface area contributed by atoms with Gasteiger partial charge < -0.3 is 9.84 Å². The van der Waals surface area contributed by atoms with Crippen LogP contribution in [0.5, 0.6) is 0 Å². The normalized spacial score (nSPS) is 25.2. The van der Waals surface area contributed by atoms with E-state index in [-0.39, 0.29) is 6.61 Å². The molecule has 0 fully saturated rings. The van der Waals surface area contributed by atoms with Crippen molar-refractivity contribution in [1.82, 2.24) is 9.55 Å². The number of ether oxygens (including phenoxy) is 1. The Hall–Kier alpha value is -1.73. The molecule has 0 aromatic carbocycles. The van der Waals surface area contributed by atoms with Gasteiger partial charge in [-0.3, -0.25) is 14.3 Å². The lowest BCUT2D eigenvalue weighted by molar-refractivity contribution is -0.0346. The zero-order valence-electron chi connectivity index (χ0n) is 8.09. The first kappa shape index (κ1) is 10.8. The average Bonchev–Trinajstić information content (AvgIpc) is 2.22. The van der Waals surface area contributed by atoms with Crippen molar-refractivity contribution in [3.8, 4) is 0 Å². The predicted molar refractivity (Wildman–Crippen MR) is 51.5 cm³/mol. The highest BCUT2D eigenvalue weighted by molar-refractivity contribution is 5.05. The number of aliphatic hydroxyl groups is 1. The van der Waals surface area contributed by atoms with Crippen LogP contribution in [0.2, 0.25) is 0 Å². The van der Waals surface area contributed by atoms with Crippen LogP contribution >= 0.6 is 0 Å². The third-order valence-corrected chi connectivity index (χ3v) is 2.17. The van der Waals surface area contributed by atoms with Crippen molar-refractivity contribution in [3.63, 3.8) is 0 Å². The lowest BCUT2D eigenvalue weighted by Crippen LogP contribution is -2.35. The van der Waals surface area contributed by atoms with E-state index >= 15 is 0 Å². The zero-order valence-corrected chi connectivity index (χ0v) is 8.09. The molecule has 16 heavy (non-hydrogen) atoms. The first-order valence-electron chi connectivity index (χ1n) is 4.56. The number of nitrogens with one attached hydrogen (secondary N) is 1. The molecule has 0 unspecified atom stereocenters. The number of H-pyrrole nitrogens is 1. The topological polar surface area (TPSA) is 84.3 Å². The standard InChI is InChI=1S/C9H9FN2O4/c10-5-3-8(16-4-6(5)13)12-2-1-7(14)11-9(12)15/h1-3,6,8,13H,4H2,(H,11,14,15)/t6-,8+/m1/s1. The number of halogens is 1. The summed E-state index contributed by atoms with van der Waals surface area (Å²) in [7, 11) is 0. The van der Waals surface area contributed by atoms with Gasteiger partial charge in [-0.15, -0.1) is 0 Å². The van der Waals surface area contributed by atoms with Crippen molar-refractivity contribution in [1.29, 1.82) is 0 Å². The van der Waals surface area contributed by atoms with Crippen LogP contribution in [0.4, 0.5) is 4.39 Å². The molecule has 86 valence electrons. The van der Waals surface area contributed by atoms with E-state index in [1.54, 1.807) is 0 Å². The quantitative estimate of drug-likeness (QED) is 0.664. The maximum atomic E-state index is 13.1. The molecule has 2 atom stereocenters. The van der Waals surface area contributed by atoms with E-state index in [0.29, 0.717) is 0 Å². The smallest absolute Gasteiger partial charge is 0.330 e. The van der Waals surface area contributed by atoms with E-state index in [1.807, 2.05) is 4.98 Å². The van der Waals surface area contributed by atoms with Crippen LogP contribution in [-0.2, 0) is 4.74 Å². The summed E-state index contributed by atoms with van der Waals surface area (Å²) in [5.74, 6) is -0.755. The second kappa shape index (κ2) is 4.03. The van der Waals surface area contributed by atoms with E-state index in [1.165, 1.54) is 6.20 Å². The van der Waals surface area contributed by atoms with Crippen LogP contribution in [0.15, 0.2) is 33.8 Å². The van der Waals surface area contributed by atoms with Crippen molar-refractivity contribution < 1.29 is 14.2 Å². The van der Waals surface area contributed by atoms with Gasteiger partial charge in [0, 0.05) is 12.3 Å². The Morgan fingerprint density at radius 1 is 1.56 bits per heavy atom. The Morgan fingerprint density at radius 3 is 2.94 bits per heavy atom. The molecule has 2 N–H and O–H groups in total. The fraction of sp³-hybridized carbons (Fsp3) is 0.333. The highest BCUT2D eigenvalue weighted by atomic mass is 19.1. The van der Waals surface area contributed by atoms with Crippen LogP contribution < -0.4 is 11.2 Å². The number of rotatable bonds is 1. The molecule has 0 spiro atoms. The van der Waals surface area contributed by atoms with Gasteiger partial charge in [0.2, 0.25) is 0 Å². The van der Waals surface area contributed by atoms with Gasteiger partial charge in [-0.25, -0.2) is 9.18 Å². The van der Waals surface area contributed by atoms with Gasteiger partial charge in [-0.2, -0.15) is 0 Å². The summed E-state index contributed by atoms with van der Waals surface area (Å²) >= 11 is 0. The van der Waals surface area contributed by atoms with Crippen molar-refractivity contribution in [2.45, 2.75) is 12.3 Å². The first-order valence-corrected chi connectivity index (χ1v) is 4.56.